The molecule has 0 bridgehead atoms. The molecule has 0 aromatic heterocycles. The van der Waals surface area contributed by atoms with Gasteiger partial charge < -0.3 is 9.84 Å². The predicted octanol–water partition coefficient (Wildman–Crippen LogP) is 4.98. The van der Waals surface area contributed by atoms with Crippen molar-refractivity contribution in [2.45, 2.75) is 91.3 Å². The molecule has 0 aliphatic rings. The molecule has 21 heavy (non-hydrogen) atoms. The number of carbonyl (C=O) groups is 1. The molecule has 0 saturated carbocycles. The second-order valence-corrected chi connectivity index (χ2v) is 5.96. The van der Waals surface area contributed by atoms with E-state index in [4.69, 9.17) is 0 Å². The fraction of sp³-hybridized carbons (Fsp3) is 0.833. The monoisotopic (exact) mass is 298 g/mol. The Morgan fingerprint density at radius 2 is 1.71 bits per heavy atom. The highest BCUT2D eigenvalue weighted by molar-refractivity contribution is 5.65. The zero-order valence-corrected chi connectivity index (χ0v) is 14.1. The number of aliphatic hydroxyl groups excluding tert-OH is 1. The highest BCUT2D eigenvalue weighted by Crippen LogP contribution is 2.14. The van der Waals surface area contributed by atoms with Crippen LogP contribution in [0.2, 0.25) is 0 Å². The van der Waals surface area contributed by atoms with Gasteiger partial charge in [0.1, 0.15) is 0 Å². The minimum absolute atomic E-state index is 0.413. The third kappa shape index (κ3) is 15.4. The van der Waals surface area contributed by atoms with E-state index in [1.165, 1.54) is 51.9 Å². The first-order chi connectivity index (χ1) is 10.1. The number of allylic oxidation sites excluding steroid dienone is 2. The summed E-state index contributed by atoms with van der Waals surface area (Å²) in [5.41, 5.74) is 0. The second-order valence-electron chi connectivity index (χ2n) is 5.96. The molecule has 1 N–H and O–H groups in total. The Balaban J connectivity index is 3.35. The summed E-state index contributed by atoms with van der Waals surface area (Å²) in [5.74, 6) is 0.274. The van der Waals surface area contributed by atoms with E-state index in [1.54, 1.807) is 0 Å². The lowest BCUT2D eigenvalue weighted by Crippen LogP contribution is -2.14. The van der Waals surface area contributed by atoms with Crippen LogP contribution in [0.5, 0.6) is 0 Å². The van der Waals surface area contributed by atoms with Crippen molar-refractivity contribution in [1.82, 2.24) is 0 Å². The van der Waals surface area contributed by atoms with Gasteiger partial charge in [-0.2, -0.15) is 0 Å². The molecule has 0 aromatic carbocycles. The van der Waals surface area contributed by atoms with Crippen LogP contribution in [-0.4, -0.2) is 17.4 Å². The van der Waals surface area contributed by atoms with Crippen molar-refractivity contribution in [2.75, 3.05) is 0 Å². The third-order valence-electron chi connectivity index (χ3n) is 3.60. The number of unbranched alkanes of at least 4 members (excludes halogenated alkanes) is 6. The Hall–Kier alpha value is -0.830. The van der Waals surface area contributed by atoms with Gasteiger partial charge in [0.2, 0.25) is 6.29 Å². The van der Waals surface area contributed by atoms with Gasteiger partial charge in [0.25, 0.3) is 0 Å². The first-order valence-electron chi connectivity index (χ1n) is 8.58. The zero-order valence-electron chi connectivity index (χ0n) is 14.1. The van der Waals surface area contributed by atoms with Crippen LogP contribution in [0.3, 0.4) is 0 Å². The minimum atomic E-state index is -0.921. The fourth-order valence-electron chi connectivity index (χ4n) is 2.31. The molecule has 0 heterocycles. The summed E-state index contributed by atoms with van der Waals surface area (Å²) in [5, 5.41) is 9.37. The van der Waals surface area contributed by atoms with E-state index in [0.717, 1.165) is 12.8 Å². The van der Waals surface area contributed by atoms with Crippen molar-refractivity contribution in [3.63, 3.8) is 0 Å². The third-order valence-corrected chi connectivity index (χ3v) is 3.60. The average molecular weight is 298 g/mol. The molecule has 2 atom stereocenters. The average Bonchev–Trinajstić information content (AvgIpc) is 2.41. The molecule has 0 fully saturated rings. The first-order valence-corrected chi connectivity index (χ1v) is 8.58. The number of hydrogen-bond donors (Lipinski definition) is 1. The molecule has 2 unspecified atom stereocenters. The van der Waals surface area contributed by atoms with Crippen molar-refractivity contribution in [1.29, 1.82) is 0 Å². The molecule has 0 amide bonds. The molecule has 0 aliphatic heterocycles. The van der Waals surface area contributed by atoms with Gasteiger partial charge in [0, 0.05) is 13.3 Å². The molecular weight excluding hydrogens is 264 g/mol. The smallest absolute Gasteiger partial charge is 0.304 e. The van der Waals surface area contributed by atoms with Gasteiger partial charge in [0.15, 0.2) is 0 Å². The topological polar surface area (TPSA) is 46.5 Å². The summed E-state index contributed by atoms with van der Waals surface area (Å²) < 4.78 is 4.67. The van der Waals surface area contributed by atoms with Crippen LogP contribution in [0, 0.1) is 5.92 Å². The molecule has 0 spiro atoms. The largest absolute Gasteiger partial charge is 0.436 e. The van der Waals surface area contributed by atoms with E-state index < -0.39 is 12.3 Å². The number of carbonyl (C=O) groups excluding carboxylic acids is 1. The van der Waals surface area contributed by atoms with Crippen LogP contribution in [0.4, 0.5) is 0 Å². The zero-order chi connectivity index (χ0) is 15.9. The quantitative estimate of drug-likeness (QED) is 0.226. The minimum Gasteiger partial charge on any atom is -0.436 e. The summed E-state index contributed by atoms with van der Waals surface area (Å²) in [6.07, 6.45) is 15.1. The maximum atomic E-state index is 10.6. The number of hydrogen-bond acceptors (Lipinski definition) is 3. The molecule has 3 nitrogen and oxygen atoms in total. The van der Waals surface area contributed by atoms with Crippen LogP contribution in [0.1, 0.15) is 85.0 Å². The summed E-state index contributed by atoms with van der Waals surface area (Å²) in [6, 6.07) is 0. The van der Waals surface area contributed by atoms with E-state index in [0.29, 0.717) is 12.3 Å². The maximum Gasteiger partial charge on any atom is 0.304 e. The maximum absolute atomic E-state index is 10.6. The van der Waals surface area contributed by atoms with E-state index in [2.05, 4.69) is 30.7 Å². The lowest BCUT2D eigenvalue weighted by Gasteiger charge is -2.10. The highest BCUT2D eigenvalue weighted by atomic mass is 16.6. The molecular formula is C18H34O3. The van der Waals surface area contributed by atoms with Gasteiger partial charge in [-0.3, -0.25) is 4.79 Å². The second kappa shape index (κ2) is 14.1. The molecule has 0 saturated heterocycles. The van der Waals surface area contributed by atoms with Crippen molar-refractivity contribution >= 4 is 5.97 Å². The van der Waals surface area contributed by atoms with E-state index in [-0.39, 0.29) is 0 Å². The Labute approximate surface area is 130 Å². The predicted molar refractivity (Wildman–Crippen MR) is 87.9 cm³/mol. The van der Waals surface area contributed by atoms with Crippen LogP contribution in [-0.2, 0) is 9.53 Å². The van der Waals surface area contributed by atoms with Crippen LogP contribution in [0.25, 0.3) is 0 Å². The van der Waals surface area contributed by atoms with Crippen molar-refractivity contribution in [2.24, 2.45) is 5.92 Å². The van der Waals surface area contributed by atoms with Crippen molar-refractivity contribution < 1.29 is 14.6 Å². The Morgan fingerprint density at radius 3 is 2.33 bits per heavy atom. The van der Waals surface area contributed by atoms with Gasteiger partial charge in [-0.05, 0) is 25.2 Å². The lowest BCUT2D eigenvalue weighted by molar-refractivity contribution is -0.165. The van der Waals surface area contributed by atoms with E-state index in [9.17, 15) is 9.90 Å². The number of rotatable bonds is 13. The van der Waals surface area contributed by atoms with Gasteiger partial charge in [-0.1, -0.05) is 64.5 Å². The van der Waals surface area contributed by atoms with Crippen LogP contribution < -0.4 is 0 Å². The highest BCUT2D eigenvalue weighted by Gasteiger charge is 2.06. The Kier molecular flexibility index (Phi) is 13.6. The number of ether oxygens (including phenoxy) is 1. The number of esters is 1. The van der Waals surface area contributed by atoms with Crippen molar-refractivity contribution in [3.05, 3.63) is 12.2 Å². The standard InChI is InChI=1S/C18H34O3/c1-4-5-6-10-13-16(2)14-11-8-7-9-12-15-18(20)21-17(3)19/h10,13,16,18,20H,4-9,11-12,14-15H2,1-3H3. The van der Waals surface area contributed by atoms with Gasteiger partial charge in [0.05, 0.1) is 0 Å². The van der Waals surface area contributed by atoms with E-state index in [1.807, 2.05) is 0 Å². The molecule has 0 rings (SSSR count). The molecule has 0 radical (unpaired) electrons. The normalized spacial score (nSPS) is 14.3. The Morgan fingerprint density at radius 1 is 1.10 bits per heavy atom. The van der Waals surface area contributed by atoms with E-state index >= 15 is 0 Å². The lowest BCUT2D eigenvalue weighted by atomic mass is 10.0. The van der Waals surface area contributed by atoms with Gasteiger partial charge >= 0.3 is 5.97 Å². The summed E-state index contributed by atoms with van der Waals surface area (Å²) in [4.78, 5) is 10.6. The van der Waals surface area contributed by atoms with Gasteiger partial charge in [-0.15, -0.1) is 0 Å². The molecule has 0 aliphatic carbocycles. The fourth-order valence-corrected chi connectivity index (χ4v) is 2.31. The summed E-state index contributed by atoms with van der Waals surface area (Å²) >= 11 is 0. The van der Waals surface area contributed by atoms with Crippen molar-refractivity contribution in [3.8, 4) is 0 Å². The molecule has 0 aromatic rings. The summed E-state index contributed by atoms with van der Waals surface area (Å²) in [6.45, 7) is 5.83. The first kappa shape index (κ1) is 20.2. The van der Waals surface area contributed by atoms with Gasteiger partial charge in [-0.25, -0.2) is 0 Å². The Bertz CT molecular complexity index is 274. The van der Waals surface area contributed by atoms with Crippen LogP contribution >= 0.6 is 0 Å². The summed E-state index contributed by atoms with van der Waals surface area (Å²) in [7, 11) is 0. The number of aliphatic hydroxyl groups is 1. The molecule has 3 heteroatoms. The molecule has 124 valence electrons. The SMILES string of the molecule is CCCCC=CC(C)CCCCCCCC(O)OC(C)=O. The van der Waals surface area contributed by atoms with Crippen LogP contribution in [0.15, 0.2) is 12.2 Å².